The second kappa shape index (κ2) is 8.06. The van der Waals surface area contributed by atoms with Crippen LogP contribution in [0.25, 0.3) is 0 Å². The van der Waals surface area contributed by atoms with Gasteiger partial charge in [-0.05, 0) is 61.3 Å². The molecule has 1 saturated heterocycles. The molecule has 4 heteroatoms. The molecule has 2 aromatic carbocycles. The highest BCUT2D eigenvalue weighted by molar-refractivity contribution is 5.53. The van der Waals surface area contributed by atoms with Crippen molar-refractivity contribution in [2.45, 2.75) is 12.8 Å². The van der Waals surface area contributed by atoms with Gasteiger partial charge in [-0.2, -0.15) is 0 Å². The molecule has 0 amide bonds. The highest BCUT2D eigenvalue weighted by Crippen LogP contribution is 2.18. The Kier molecular flexibility index (Phi) is 5.59. The molecule has 1 fully saturated rings. The number of nitrogens with zero attached hydrogens (tertiary/aromatic N) is 2. The van der Waals surface area contributed by atoms with E-state index in [0.717, 1.165) is 50.6 Å². The van der Waals surface area contributed by atoms with Gasteiger partial charge in [-0.25, -0.2) is 0 Å². The van der Waals surface area contributed by atoms with Gasteiger partial charge in [0.05, 0.1) is 7.11 Å². The molecule has 3 rings (SSSR count). The van der Waals surface area contributed by atoms with Crippen molar-refractivity contribution in [3.63, 3.8) is 0 Å². The van der Waals surface area contributed by atoms with Gasteiger partial charge in [0, 0.05) is 37.6 Å². The number of nitrogen functional groups attached to an aromatic ring is 1. The third-order valence-corrected chi connectivity index (χ3v) is 4.70. The number of anilines is 2. The number of methoxy groups -OCH3 is 1. The van der Waals surface area contributed by atoms with Crippen molar-refractivity contribution in [2.24, 2.45) is 0 Å². The van der Waals surface area contributed by atoms with Crippen molar-refractivity contribution in [3.05, 3.63) is 54.1 Å². The van der Waals surface area contributed by atoms with Crippen LogP contribution in [0.15, 0.2) is 48.5 Å². The maximum Gasteiger partial charge on any atom is 0.119 e. The largest absolute Gasteiger partial charge is 0.497 e. The normalized spacial score (nSPS) is 15.5. The molecule has 4 nitrogen and oxygen atoms in total. The summed E-state index contributed by atoms with van der Waals surface area (Å²) >= 11 is 0. The van der Waals surface area contributed by atoms with Crippen LogP contribution < -0.4 is 15.4 Å². The predicted molar refractivity (Wildman–Crippen MR) is 101 cm³/mol. The lowest BCUT2D eigenvalue weighted by Gasteiger charge is -2.36. The minimum Gasteiger partial charge on any atom is -0.497 e. The van der Waals surface area contributed by atoms with Gasteiger partial charge >= 0.3 is 0 Å². The number of ether oxygens (including phenoxy) is 1. The Morgan fingerprint density at radius 3 is 2.46 bits per heavy atom. The first-order valence-electron chi connectivity index (χ1n) is 8.70. The molecule has 1 aliphatic rings. The fourth-order valence-electron chi connectivity index (χ4n) is 3.25. The Morgan fingerprint density at radius 1 is 1.00 bits per heavy atom. The van der Waals surface area contributed by atoms with Gasteiger partial charge < -0.3 is 15.4 Å². The van der Waals surface area contributed by atoms with Gasteiger partial charge in [0.1, 0.15) is 5.75 Å². The third-order valence-electron chi connectivity index (χ3n) is 4.70. The second-order valence-electron chi connectivity index (χ2n) is 6.38. The molecular formula is C20H27N3O. The van der Waals surface area contributed by atoms with Crippen LogP contribution >= 0.6 is 0 Å². The fourth-order valence-corrected chi connectivity index (χ4v) is 3.25. The lowest BCUT2D eigenvalue weighted by molar-refractivity contribution is 0.255. The van der Waals surface area contributed by atoms with Gasteiger partial charge in [0.25, 0.3) is 0 Å². The summed E-state index contributed by atoms with van der Waals surface area (Å²) in [6, 6.07) is 16.6. The minimum absolute atomic E-state index is 0.829. The molecule has 0 aliphatic carbocycles. The van der Waals surface area contributed by atoms with E-state index >= 15 is 0 Å². The molecule has 2 N–H and O–H groups in total. The van der Waals surface area contributed by atoms with Crippen LogP contribution in [-0.2, 0) is 6.42 Å². The van der Waals surface area contributed by atoms with Crippen molar-refractivity contribution >= 4 is 11.4 Å². The first-order chi connectivity index (χ1) is 11.7. The molecule has 0 spiro atoms. The molecule has 0 unspecified atom stereocenters. The lowest BCUT2D eigenvalue weighted by atomic mass is 10.1. The standard InChI is InChI=1S/C20H27N3O/c1-24-20-6-2-4-17(16-20)5-3-11-22-12-14-23(15-13-22)19-9-7-18(21)8-10-19/h2,4,6-10,16H,3,5,11-15,21H2,1H3. The molecule has 0 bridgehead atoms. The molecule has 2 aromatic rings. The Labute approximate surface area is 144 Å². The summed E-state index contributed by atoms with van der Waals surface area (Å²) in [7, 11) is 1.72. The minimum atomic E-state index is 0.829. The molecule has 0 aromatic heterocycles. The highest BCUT2D eigenvalue weighted by atomic mass is 16.5. The van der Waals surface area contributed by atoms with Crippen molar-refractivity contribution < 1.29 is 4.74 Å². The average molecular weight is 325 g/mol. The van der Waals surface area contributed by atoms with Crippen LogP contribution in [-0.4, -0.2) is 44.7 Å². The average Bonchev–Trinajstić information content (AvgIpc) is 2.63. The summed E-state index contributed by atoms with van der Waals surface area (Å²) in [5.41, 5.74) is 9.23. The van der Waals surface area contributed by atoms with Gasteiger partial charge in [0.15, 0.2) is 0 Å². The van der Waals surface area contributed by atoms with Crippen LogP contribution in [0.4, 0.5) is 11.4 Å². The molecule has 0 saturated carbocycles. The predicted octanol–water partition coefficient (Wildman–Crippen LogP) is 3.03. The third kappa shape index (κ3) is 4.42. The monoisotopic (exact) mass is 325 g/mol. The first-order valence-corrected chi connectivity index (χ1v) is 8.70. The quantitative estimate of drug-likeness (QED) is 0.829. The molecule has 0 radical (unpaired) electrons. The van der Waals surface area contributed by atoms with Gasteiger partial charge in [0.2, 0.25) is 0 Å². The molecular weight excluding hydrogens is 298 g/mol. The topological polar surface area (TPSA) is 41.7 Å². The van der Waals surface area contributed by atoms with Gasteiger partial charge in [-0.1, -0.05) is 12.1 Å². The van der Waals surface area contributed by atoms with E-state index < -0.39 is 0 Å². The molecule has 24 heavy (non-hydrogen) atoms. The number of rotatable bonds is 6. The Morgan fingerprint density at radius 2 is 1.75 bits per heavy atom. The summed E-state index contributed by atoms with van der Waals surface area (Å²) < 4.78 is 5.29. The maximum atomic E-state index is 5.76. The number of benzene rings is 2. The number of aryl methyl sites for hydroxylation is 1. The summed E-state index contributed by atoms with van der Waals surface area (Å²) in [6.07, 6.45) is 2.30. The van der Waals surface area contributed by atoms with Crippen LogP contribution in [0, 0.1) is 0 Å². The lowest BCUT2D eigenvalue weighted by Crippen LogP contribution is -2.46. The Hall–Kier alpha value is -2.20. The number of hydrogen-bond acceptors (Lipinski definition) is 4. The molecule has 1 aliphatic heterocycles. The van der Waals surface area contributed by atoms with E-state index in [9.17, 15) is 0 Å². The Balaban J connectivity index is 1.41. The van der Waals surface area contributed by atoms with Crippen molar-refractivity contribution in [1.29, 1.82) is 0 Å². The zero-order chi connectivity index (χ0) is 16.8. The van der Waals surface area contributed by atoms with Crippen molar-refractivity contribution in [2.75, 3.05) is 50.5 Å². The number of hydrogen-bond donors (Lipinski definition) is 1. The summed E-state index contributed by atoms with van der Waals surface area (Å²) in [5, 5.41) is 0. The summed E-state index contributed by atoms with van der Waals surface area (Å²) in [5.74, 6) is 0.949. The van der Waals surface area contributed by atoms with Gasteiger partial charge in [-0.3, -0.25) is 4.90 Å². The van der Waals surface area contributed by atoms with Gasteiger partial charge in [-0.15, -0.1) is 0 Å². The van der Waals surface area contributed by atoms with E-state index in [0.29, 0.717) is 0 Å². The van der Waals surface area contributed by atoms with Crippen LogP contribution in [0.1, 0.15) is 12.0 Å². The smallest absolute Gasteiger partial charge is 0.119 e. The van der Waals surface area contributed by atoms with E-state index in [4.69, 9.17) is 10.5 Å². The van der Waals surface area contributed by atoms with E-state index in [1.165, 1.54) is 17.7 Å². The van der Waals surface area contributed by atoms with Crippen molar-refractivity contribution in [3.8, 4) is 5.75 Å². The SMILES string of the molecule is COc1cccc(CCCN2CCN(c3ccc(N)cc3)CC2)c1. The Bertz CT molecular complexity index is 634. The molecule has 0 atom stereocenters. The summed E-state index contributed by atoms with van der Waals surface area (Å²) in [4.78, 5) is 5.01. The zero-order valence-electron chi connectivity index (χ0n) is 14.4. The molecule has 128 valence electrons. The van der Waals surface area contributed by atoms with E-state index in [1.54, 1.807) is 7.11 Å². The highest BCUT2D eigenvalue weighted by Gasteiger charge is 2.16. The first kappa shape index (κ1) is 16.7. The van der Waals surface area contributed by atoms with E-state index in [-0.39, 0.29) is 0 Å². The van der Waals surface area contributed by atoms with Crippen LogP contribution in [0.5, 0.6) is 5.75 Å². The van der Waals surface area contributed by atoms with Crippen LogP contribution in [0.2, 0.25) is 0 Å². The van der Waals surface area contributed by atoms with Crippen molar-refractivity contribution in [1.82, 2.24) is 4.90 Å². The van der Waals surface area contributed by atoms with Crippen LogP contribution in [0.3, 0.4) is 0 Å². The van der Waals surface area contributed by atoms with E-state index in [1.807, 2.05) is 18.2 Å². The number of piperazine rings is 1. The molecule has 1 heterocycles. The zero-order valence-corrected chi connectivity index (χ0v) is 14.4. The number of nitrogens with two attached hydrogens (primary N) is 1. The van der Waals surface area contributed by atoms with E-state index in [2.05, 4.69) is 40.1 Å². The fraction of sp³-hybridized carbons (Fsp3) is 0.400. The summed E-state index contributed by atoms with van der Waals surface area (Å²) in [6.45, 7) is 5.59. The maximum absolute atomic E-state index is 5.76. The second-order valence-corrected chi connectivity index (χ2v) is 6.38.